The smallest absolute Gasteiger partial charge is 0.312 e. The minimum atomic E-state index is -0.649. The Bertz CT molecular complexity index is 1440. The quantitative estimate of drug-likeness (QED) is 0.458. The summed E-state index contributed by atoms with van der Waals surface area (Å²) in [7, 11) is 0. The van der Waals surface area contributed by atoms with Gasteiger partial charge in [-0.3, -0.25) is 9.78 Å². The van der Waals surface area contributed by atoms with Gasteiger partial charge in [0.25, 0.3) is 5.89 Å². The van der Waals surface area contributed by atoms with Crippen LogP contribution in [0.25, 0.3) is 17.1 Å². The lowest BCUT2D eigenvalue weighted by Gasteiger charge is -2.32. The fourth-order valence-corrected chi connectivity index (χ4v) is 3.87. The van der Waals surface area contributed by atoms with Gasteiger partial charge in [-0.1, -0.05) is 0 Å². The van der Waals surface area contributed by atoms with Gasteiger partial charge in [0.05, 0.1) is 23.9 Å². The summed E-state index contributed by atoms with van der Waals surface area (Å²) < 4.78 is 21.3. The van der Waals surface area contributed by atoms with Gasteiger partial charge in [-0.15, -0.1) is 10.2 Å². The van der Waals surface area contributed by atoms with Crippen LogP contribution in [-0.2, 0) is 6.42 Å². The van der Waals surface area contributed by atoms with Crippen molar-refractivity contribution in [2.24, 2.45) is 0 Å². The zero-order valence-electron chi connectivity index (χ0n) is 16.4. The van der Waals surface area contributed by atoms with Crippen molar-refractivity contribution in [1.82, 2.24) is 44.6 Å². The van der Waals surface area contributed by atoms with Crippen molar-refractivity contribution in [3.05, 3.63) is 78.1 Å². The molecular formula is C20H14FN9O2. The normalized spacial score (nSPS) is 15.8. The highest BCUT2D eigenvalue weighted by atomic mass is 19.1. The number of amides is 1. The number of imidazole rings is 1. The molecular weight excluding hydrogens is 417 g/mol. The van der Waals surface area contributed by atoms with Crippen molar-refractivity contribution < 1.29 is 13.6 Å². The van der Waals surface area contributed by atoms with Gasteiger partial charge in [-0.25, -0.2) is 18.9 Å². The molecule has 0 aliphatic carbocycles. The van der Waals surface area contributed by atoms with Crippen LogP contribution in [0.3, 0.4) is 0 Å². The van der Waals surface area contributed by atoms with Crippen LogP contribution in [0.2, 0.25) is 0 Å². The molecule has 6 rings (SSSR count). The Morgan fingerprint density at radius 1 is 1.25 bits per heavy atom. The summed E-state index contributed by atoms with van der Waals surface area (Å²) >= 11 is 0. The number of aromatic nitrogens is 8. The van der Waals surface area contributed by atoms with Crippen LogP contribution in [0.5, 0.6) is 0 Å². The van der Waals surface area contributed by atoms with Crippen molar-refractivity contribution in [3.8, 4) is 11.6 Å². The average Bonchev–Trinajstić information content (AvgIpc) is 3.58. The summed E-state index contributed by atoms with van der Waals surface area (Å²) in [6, 6.07) is 3.89. The van der Waals surface area contributed by atoms with Crippen LogP contribution in [0.4, 0.5) is 4.39 Å². The molecule has 158 valence electrons. The van der Waals surface area contributed by atoms with E-state index in [1.807, 2.05) is 0 Å². The first-order chi connectivity index (χ1) is 15.7. The first-order valence-electron chi connectivity index (χ1n) is 9.76. The number of fused-ring (bicyclic) bond motifs is 2. The molecule has 6 heterocycles. The van der Waals surface area contributed by atoms with Crippen LogP contribution < -0.4 is 0 Å². The monoisotopic (exact) mass is 431 g/mol. The second kappa shape index (κ2) is 7.04. The number of nitrogens with zero attached hydrogens (tertiary/aromatic N) is 8. The maximum Gasteiger partial charge on any atom is 0.312 e. The summed E-state index contributed by atoms with van der Waals surface area (Å²) in [6.45, 7) is 0.359. The molecule has 1 amide bonds. The first-order valence-corrected chi connectivity index (χ1v) is 9.76. The molecule has 32 heavy (non-hydrogen) atoms. The number of H-pyrrole nitrogens is 1. The van der Waals surface area contributed by atoms with Gasteiger partial charge in [0.2, 0.25) is 0 Å². The van der Waals surface area contributed by atoms with Gasteiger partial charge in [-0.05, 0) is 18.2 Å². The minimum absolute atomic E-state index is 0.0882. The molecule has 5 aromatic heterocycles. The van der Waals surface area contributed by atoms with E-state index in [4.69, 9.17) is 4.42 Å². The molecule has 0 saturated carbocycles. The maximum absolute atomic E-state index is 14.3. The third-order valence-corrected chi connectivity index (χ3v) is 5.33. The molecule has 0 fully saturated rings. The Hall–Kier alpha value is -4.48. The van der Waals surface area contributed by atoms with Crippen LogP contribution >= 0.6 is 0 Å². The maximum atomic E-state index is 14.3. The van der Waals surface area contributed by atoms with Crippen molar-refractivity contribution in [1.29, 1.82) is 0 Å². The molecule has 0 bridgehead atoms. The van der Waals surface area contributed by atoms with Crippen molar-refractivity contribution >= 4 is 11.4 Å². The zero-order valence-corrected chi connectivity index (χ0v) is 16.4. The molecule has 0 spiro atoms. The lowest BCUT2D eigenvalue weighted by atomic mass is 9.99. The molecule has 0 unspecified atom stereocenters. The van der Waals surface area contributed by atoms with Gasteiger partial charge in [-0.2, -0.15) is 5.10 Å². The number of carbonyl (C=O) groups is 1. The number of rotatable bonds is 3. The summed E-state index contributed by atoms with van der Waals surface area (Å²) in [5.74, 6) is -0.994. The summed E-state index contributed by atoms with van der Waals surface area (Å²) in [6.07, 6.45) is 8.25. The van der Waals surface area contributed by atoms with E-state index in [1.165, 1.54) is 29.2 Å². The van der Waals surface area contributed by atoms with E-state index in [9.17, 15) is 9.18 Å². The van der Waals surface area contributed by atoms with E-state index in [1.54, 1.807) is 29.6 Å². The van der Waals surface area contributed by atoms with Crippen molar-refractivity contribution in [2.75, 3.05) is 6.54 Å². The van der Waals surface area contributed by atoms with Gasteiger partial charge in [0.1, 0.15) is 23.1 Å². The Labute approximate surface area is 179 Å². The highest BCUT2D eigenvalue weighted by Gasteiger charge is 2.38. The Morgan fingerprint density at radius 2 is 2.19 bits per heavy atom. The predicted octanol–water partition coefficient (Wildman–Crippen LogP) is 1.82. The third kappa shape index (κ3) is 2.84. The molecule has 5 aromatic rings. The minimum Gasteiger partial charge on any atom is -0.411 e. The molecule has 1 aliphatic heterocycles. The van der Waals surface area contributed by atoms with Crippen LogP contribution in [-0.4, -0.2) is 57.1 Å². The van der Waals surface area contributed by atoms with Crippen molar-refractivity contribution in [2.45, 2.75) is 12.5 Å². The topological polar surface area (TPSA) is 131 Å². The van der Waals surface area contributed by atoms with E-state index in [0.717, 1.165) is 5.69 Å². The van der Waals surface area contributed by atoms with Crippen LogP contribution in [0.15, 0.2) is 53.7 Å². The van der Waals surface area contributed by atoms with E-state index < -0.39 is 17.8 Å². The second-order valence-electron chi connectivity index (χ2n) is 7.18. The Morgan fingerprint density at radius 3 is 3.03 bits per heavy atom. The van der Waals surface area contributed by atoms with Gasteiger partial charge in [0.15, 0.2) is 0 Å². The number of hydrogen-bond donors (Lipinski definition) is 1. The molecule has 0 saturated heterocycles. The van der Waals surface area contributed by atoms with E-state index in [-0.39, 0.29) is 11.8 Å². The Kier molecular flexibility index (Phi) is 4.03. The van der Waals surface area contributed by atoms with Gasteiger partial charge < -0.3 is 14.3 Å². The van der Waals surface area contributed by atoms with E-state index in [2.05, 4.69) is 35.2 Å². The van der Waals surface area contributed by atoms with E-state index in [0.29, 0.717) is 35.6 Å². The SMILES string of the molecule is O=C(c1nnc(-c2cnccn2)o1)N1CCc2[nH]cnc2[C@@H]1c1cc2c(F)cccn2n1. The fraction of sp³-hybridized carbons (Fsp3) is 0.150. The standard InChI is InChI=1S/C20H14FN9O2/c21-11-2-1-6-30-15(11)8-13(28-30)17-16-12(24-10-25-16)3-7-29(17)20(31)19-27-26-18(32-19)14-9-22-4-5-23-14/h1-2,4-6,8-10,17H,3,7H2,(H,24,25)/t17-/m0/s1. The number of hydrogen-bond acceptors (Lipinski definition) is 8. The number of nitrogens with one attached hydrogen (secondary N) is 1. The number of pyridine rings is 1. The molecule has 1 aliphatic rings. The molecule has 12 heteroatoms. The summed E-state index contributed by atoms with van der Waals surface area (Å²) in [5, 5.41) is 12.3. The Balaban J connectivity index is 1.41. The lowest BCUT2D eigenvalue weighted by molar-refractivity contribution is 0.0646. The summed E-state index contributed by atoms with van der Waals surface area (Å²) in [5.41, 5.74) is 2.68. The molecule has 1 atom stereocenters. The first kappa shape index (κ1) is 18.3. The summed E-state index contributed by atoms with van der Waals surface area (Å²) in [4.78, 5) is 30.5. The average molecular weight is 431 g/mol. The van der Waals surface area contributed by atoms with Crippen LogP contribution in [0.1, 0.15) is 33.8 Å². The highest BCUT2D eigenvalue weighted by molar-refractivity contribution is 5.90. The van der Waals surface area contributed by atoms with Gasteiger partial charge in [0, 0.05) is 37.3 Å². The van der Waals surface area contributed by atoms with Gasteiger partial charge >= 0.3 is 11.8 Å². The third-order valence-electron chi connectivity index (χ3n) is 5.33. The second-order valence-corrected chi connectivity index (χ2v) is 7.18. The molecule has 0 radical (unpaired) electrons. The molecule has 11 nitrogen and oxygen atoms in total. The number of carbonyl (C=O) groups excluding carboxylic acids is 1. The largest absolute Gasteiger partial charge is 0.411 e. The number of aromatic amines is 1. The fourth-order valence-electron chi connectivity index (χ4n) is 3.87. The predicted molar refractivity (Wildman–Crippen MR) is 106 cm³/mol. The van der Waals surface area contributed by atoms with E-state index >= 15 is 0 Å². The molecule has 0 aromatic carbocycles. The lowest BCUT2D eigenvalue weighted by Crippen LogP contribution is -2.41. The highest BCUT2D eigenvalue weighted by Crippen LogP contribution is 2.34. The molecule has 1 N–H and O–H groups in total. The number of halogens is 1. The van der Waals surface area contributed by atoms with Crippen LogP contribution in [0, 0.1) is 5.82 Å². The van der Waals surface area contributed by atoms with Crippen molar-refractivity contribution in [3.63, 3.8) is 0 Å². The zero-order chi connectivity index (χ0) is 21.7.